The molecule has 92 valence electrons. The second-order valence-electron chi connectivity index (χ2n) is 3.88. The summed E-state index contributed by atoms with van der Waals surface area (Å²) in [6, 6.07) is 0.287. The third-order valence-electron chi connectivity index (χ3n) is 2.50. The molecule has 2 atom stereocenters. The molecule has 2 N–H and O–H groups in total. The van der Waals surface area contributed by atoms with Crippen LogP contribution in [0.4, 0.5) is 0 Å². The molecule has 0 bridgehead atoms. The Bertz CT molecular complexity index is 306. The third kappa shape index (κ3) is 4.91. The van der Waals surface area contributed by atoms with Crippen LogP contribution in [0.1, 0.15) is 44.2 Å². The van der Waals surface area contributed by atoms with Crippen molar-refractivity contribution >= 4 is 27.3 Å². The lowest BCUT2D eigenvalue weighted by Crippen LogP contribution is -2.20. The van der Waals surface area contributed by atoms with Crippen LogP contribution >= 0.6 is 27.3 Å². The van der Waals surface area contributed by atoms with Crippen molar-refractivity contribution in [2.24, 2.45) is 0 Å². The van der Waals surface area contributed by atoms with Gasteiger partial charge in [0, 0.05) is 0 Å². The van der Waals surface area contributed by atoms with E-state index in [-0.39, 0.29) is 12.1 Å². The van der Waals surface area contributed by atoms with Gasteiger partial charge in [-0.2, -0.15) is 0 Å². The van der Waals surface area contributed by atoms with Crippen molar-refractivity contribution < 1.29 is 5.11 Å². The maximum Gasteiger partial charge on any atom is 0.110 e. The van der Waals surface area contributed by atoms with E-state index in [1.165, 1.54) is 0 Å². The van der Waals surface area contributed by atoms with Crippen molar-refractivity contribution in [1.82, 2.24) is 10.3 Å². The summed E-state index contributed by atoms with van der Waals surface area (Å²) in [6.45, 7) is 5.05. The van der Waals surface area contributed by atoms with Crippen molar-refractivity contribution in [2.75, 3.05) is 6.54 Å². The molecule has 5 heteroatoms. The summed E-state index contributed by atoms with van der Waals surface area (Å²) in [5.41, 5.74) is 0. The first-order chi connectivity index (χ1) is 7.63. The smallest absolute Gasteiger partial charge is 0.110 e. The highest BCUT2D eigenvalue weighted by atomic mass is 79.9. The normalized spacial score (nSPS) is 15.0. The molecule has 0 aliphatic rings. The van der Waals surface area contributed by atoms with Crippen molar-refractivity contribution in [3.63, 3.8) is 0 Å². The summed E-state index contributed by atoms with van der Waals surface area (Å²) in [5, 5.41) is 13.9. The zero-order chi connectivity index (χ0) is 12.0. The summed E-state index contributed by atoms with van der Waals surface area (Å²) >= 11 is 5.06. The summed E-state index contributed by atoms with van der Waals surface area (Å²) < 4.78 is 1.07. The van der Waals surface area contributed by atoms with E-state index in [0.717, 1.165) is 34.6 Å². The highest BCUT2D eigenvalue weighted by Crippen LogP contribution is 2.23. The molecule has 0 saturated heterocycles. The number of rotatable bonds is 7. The highest BCUT2D eigenvalue weighted by molar-refractivity contribution is 9.11. The zero-order valence-corrected chi connectivity index (χ0v) is 12.1. The maximum absolute atomic E-state index is 9.40. The summed E-state index contributed by atoms with van der Waals surface area (Å²) in [5.74, 6) is 0. The average Bonchev–Trinajstić information content (AvgIpc) is 2.70. The largest absolute Gasteiger partial charge is 0.393 e. The van der Waals surface area contributed by atoms with Gasteiger partial charge in [-0.3, -0.25) is 0 Å². The zero-order valence-electron chi connectivity index (χ0n) is 9.74. The molecule has 3 nitrogen and oxygen atoms in total. The van der Waals surface area contributed by atoms with Crippen LogP contribution in [0.5, 0.6) is 0 Å². The molecule has 0 fully saturated rings. The van der Waals surface area contributed by atoms with Gasteiger partial charge in [0.25, 0.3) is 0 Å². The SMILES string of the molecule is CCC(O)CCCNC(C)c1ncc(Br)s1. The molecule has 0 amide bonds. The van der Waals surface area contributed by atoms with Crippen LogP contribution in [0.15, 0.2) is 9.98 Å². The first kappa shape index (κ1) is 14.1. The van der Waals surface area contributed by atoms with Crippen LogP contribution in [0.3, 0.4) is 0 Å². The fraction of sp³-hybridized carbons (Fsp3) is 0.727. The number of hydrogen-bond donors (Lipinski definition) is 2. The number of nitrogens with zero attached hydrogens (tertiary/aromatic N) is 1. The van der Waals surface area contributed by atoms with Gasteiger partial charge in [0.15, 0.2) is 0 Å². The van der Waals surface area contributed by atoms with Crippen molar-refractivity contribution in [3.05, 3.63) is 15.0 Å². The van der Waals surface area contributed by atoms with Gasteiger partial charge in [-0.15, -0.1) is 11.3 Å². The van der Waals surface area contributed by atoms with E-state index in [1.54, 1.807) is 11.3 Å². The van der Waals surface area contributed by atoms with E-state index >= 15 is 0 Å². The van der Waals surface area contributed by atoms with Gasteiger partial charge >= 0.3 is 0 Å². The third-order valence-corrected chi connectivity index (χ3v) is 4.16. The second-order valence-corrected chi connectivity index (χ2v) is 6.32. The fourth-order valence-corrected chi connectivity index (χ4v) is 2.69. The van der Waals surface area contributed by atoms with Crippen LogP contribution in [-0.2, 0) is 0 Å². The monoisotopic (exact) mass is 306 g/mol. The number of thiazole rings is 1. The van der Waals surface area contributed by atoms with Crippen LogP contribution in [0.2, 0.25) is 0 Å². The Balaban J connectivity index is 2.18. The average molecular weight is 307 g/mol. The van der Waals surface area contributed by atoms with Gasteiger partial charge in [0.2, 0.25) is 0 Å². The molecule has 0 aliphatic carbocycles. The van der Waals surface area contributed by atoms with Gasteiger partial charge in [-0.25, -0.2) is 4.98 Å². The Morgan fingerprint density at radius 1 is 1.62 bits per heavy atom. The van der Waals surface area contributed by atoms with Crippen LogP contribution < -0.4 is 5.32 Å². The number of nitrogens with one attached hydrogen (secondary N) is 1. The number of halogens is 1. The quantitative estimate of drug-likeness (QED) is 0.761. The molecule has 0 radical (unpaired) electrons. The Morgan fingerprint density at radius 2 is 2.38 bits per heavy atom. The molecule has 1 heterocycles. The topological polar surface area (TPSA) is 45.1 Å². The molecular formula is C11H19BrN2OS. The lowest BCUT2D eigenvalue weighted by molar-refractivity contribution is 0.157. The van der Waals surface area contributed by atoms with Crippen molar-refractivity contribution in [2.45, 2.75) is 45.3 Å². The summed E-state index contributed by atoms with van der Waals surface area (Å²) in [4.78, 5) is 4.31. The maximum atomic E-state index is 9.40. The van der Waals surface area contributed by atoms with Gasteiger partial charge in [-0.1, -0.05) is 6.92 Å². The Labute approximate surface area is 109 Å². The summed E-state index contributed by atoms with van der Waals surface area (Å²) in [6.07, 6.45) is 4.41. The molecule has 1 rings (SSSR count). The number of hydrogen-bond acceptors (Lipinski definition) is 4. The molecule has 1 aromatic heterocycles. The predicted octanol–water partition coefficient (Wildman–Crippen LogP) is 3.11. The van der Waals surface area contributed by atoms with Crippen molar-refractivity contribution in [1.29, 1.82) is 0 Å². The minimum atomic E-state index is -0.147. The van der Waals surface area contributed by atoms with Crippen LogP contribution in [-0.4, -0.2) is 22.7 Å². The van der Waals surface area contributed by atoms with Gasteiger partial charge in [-0.05, 0) is 48.7 Å². The highest BCUT2D eigenvalue weighted by Gasteiger charge is 2.09. The minimum absolute atomic E-state index is 0.147. The summed E-state index contributed by atoms with van der Waals surface area (Å²) in [7, 11) is 0. The van der Waals surface area contributed by atoms with Gasteiger partial charge in [0.05, 0.1) is 22.1 Å². The fourth-order valence-electron chi connectivity index (χ4n) is 1.41. The molecule has 0 saturated carbocycles. The molecular weight excluding hydrogens is 288 g/mol. The molecule has 0 aromatic carbocycles. The first-order valence-corrected chi connectivity index (χ1v) is 7.27. The lowest BCUT2D eigenvalue weighted by Gasteiger charge is -2.12. The predicted molar refractivity (Wildman–Crippen MR) is 71.8 cm³/mol. The van der Waals surface area contributed by atoms with E-state index < -0.39 is 0 Å². The number of aliphatic hydroxyl groups is 1. The minimum Gasteiger partial charge on any atom is -0.393 e. The van der Waals surface area contributed by atoms with E-state index in [2.05, 4.69) is 33.2 Å². The molecule has 1 aromatic rings. The standard InChI is InChI=1S/C11H19BrN2OS/c1-3-9(15)5-4-6-13-8(2)11-14-7-10(12)16-11/h7-9,13,15H,3-6H2,1-2H3. The second kappa shape index (κ2) is 7.37. The number of aliphatic hydroxyl groups excluding tert-OH is 1. The lowest BCUT2D eigenvalue weighted by atomic mass is 10.1. The molecule has 0 spiro atoms. The van der Waals surface area contributed by atoms with E-state index in [9.17, 15) is 5.11 Å². The van der Waals surface area contributed by atoms with Gasteiger partial charge < -0.3 is 10.4 Å². The molecule has 2 unspecified atom stereocenters. The van der Waals surface area contributed by atoms with Gasteiger partial charge in [0.1, 0.15) is 5.01 Å². The van der Waals surface area contributed by atoms with Crippen molar-refractivity contribution in [3.8, 4) is 0 Å². The first-order valence-electron chi connectivity index (χ1n) is 5.66. The van der Waals surface area contributed by atoms with E-state index in [1.807, 2.05) is 13.1 Å². The van der Waals surface area contributed by atoms with E-state index in [4.69, 9.17) is 0 Å². The molecule has 0 aliphatic heterocycles. The Kier molecular flexibility index (Phi) is 6.49. The Morgan fingerprint density at radius 3 is 2.94 bits per heavy atom. The van der Waals surface area contributed by atoms with Crippen LogP contribution in [0, 0.1) is 0 Å². The van der Waals surface area contributed by atoms with Crippen LogP contribution in [0.25, 0.3) is 0 Å². The molecule has 16 heavy (non-hydrogen) atoms. The number of aromatic nitrogens is 1. The Hall–Kier alpha value is 0.0300. The van der Waals surface area contributed by atoms with E-state index in [0.29, 0.717) is 0 Å².